The van der Waals surface area contributed by atoms with E-state index in [9.17, 15) is 58.6 Å². The van der Waals surface area contributed by atoms with Crippen molar-refractivity contribution in [2.45, 2.75) is 44.5 Å². The van der Waals surface area contributed by atoms with E-state index >= 15 is 0 Å². The topological polar surface area (TPSA) is 93.5 Å². The maximum atomic E-state index is 14.7. The fourth-order valence-electron chi connectivity index (χ4n) is 3.97. The minimum Gasteiger partial charge on any atom is -0.457 e. The second-order valence-corrected chi connectivity index (χ2v) is 9.92. The highest BCUT2D eigenvalue weighted by molar-refractivity contribution is 7.22. The first-order valence-corrected chi connectivity index (χ1v) is 12.5. The Morgan fingerprint density at radius 3 is 2.12 bits per heavy atom. The van der Waals surface area contributed by atoms with E-state index in [4.69, 9.17) is 4.74 Å². The third-order valence-electron chi connectivity index (χ3n) is 5.96. The molecule has 7 nitrogen and oxygen atoms in total. The van der Waals surface area contributed by atoms with Crippen molar-refractivity contribution in [2.75, 3.05) is 0 Å². The van der Waals surface area contributed by atoms with Crippen LogP contribution in [-0.2, 0) is 12.5 Å². The summed E-state index contributed by atoms with van der Waals surface area (Å²) in [4.78, 5) is 26.2. The molecule has 2 aromatic heterocycles. The molecule has 0 unspecified atom stereocenters. The average molecular weight is 646 g/mol. The van der Waals surface area contributed by atoms with Gasteiger partial charge in [0.1, 0.15) is 22.1 Å². The molecule has 0 aliphatic rings. The molecule has 2 aromatic carbocycles. The van der Waals surface area contributed by atoms with Gasteiger partial charge in [0, 0.05) is 4.88 Å². The van der Waals surface area contributed by atoms with Crippen molar-refractivity contribution in [1.82, 2.24) is 9.55 Å². The summed E-state index contributed by atoms with van der Waals surface area (Å²) < 4.78 is 142. The Hall–Kier alpha value is -4.06. The number of hydrogen-bond donors (Lipinski definition) is 2. The summed E-state index contributed by atoms with van der Waals surface area (Å²) >= 11 is 0.514. The monoisotopic (exact) mass is 646 g/mol. The predicted molar refractivity (Wildman–Crippen MR) is 132 cm³/mol. The molecule has 2 N–H and O–H groups in total. The summed E-state index contributed by atoms with van der Waals surface area (Å²) in [5.41, 5.74) is -3.92. The molecular formula is C25H16F10N2O5S. The van der Waals surface area contributed by atoms with E-state index in [0.29, 0.717) is 22.0 Å². The summed E-state index contributed by atoms with van der Waals surface area (Å²) in [7, 11) is 0. The number of rotatable bonds is 8. The van der Waals surface area contributed by atoms with Crippen molar-refractivity contribution in [1.29, 1.82) is 0 Å². The van der Waals surface area contributed by atoms with E-state index in [2.05, 4.69) is 4.74 Å². The van der Waals surface area contributed by atoms with Crippen LogP contribution in [0.15, 0.2) is 52.1 Å². The number of aliphatic hydroxyl groups excluding tert-OH is 1. The molecule has 0 amide bonds. The van der Waals surface area contributed by atoms with Crippen LogP contribution in [0, 0.1) is 6.92 Å². The van der Waals surface area contributed by atoms with Gasteiger partial charge in [0.2, 0.25) is 0 Å². The molecule has 0 fully saturated rings. The van der Waals surface area contributed by atoms with Gasteiger partial charge >= 0.3 is 30.6 Å². The number of aromatic amines is 1. The molecule has 0 aliphatic heterocycles. The van der Waals surface area contributed by atoms with E-state index < -0.39 is 65.8 Å². The molecule has 0 saturated heterocycles. The number of halogens is 10. The number of benzene rings is 2. The molecule has 43 heavy (non-hydrogen) atoms. The number of aliphatic hydroxyl groups is 1. The number of fused-ring (bicyclic) bond motifs is 1. The molecule has 4 aromatic rings. The minimum absolute atomic E-state index is 0.00302. The third-order valence-corrected chi connectivity index (χ3v) is 7.32. The highest BCUT2D eigenvalue weighted by atomic mass is 32.1. The number of H-pyrrole nitrogens is 1. The first-order chi connectivity index (χ1) is 19.8. The van der Waals surface area contributed by atoms with E-state index in [1.54, 1.807) is 0 Å². The third kappa shape index (κ3) is 6.64. The Morgan fingerprint density at radius 2 is 1.56 bits per heavy atom. The SMILES string of the molecule is Cc1c(-c2ccc(Oc3ccc(OC(F)(F)F)cc3)c(C(F)(F)C(F)F)c2)sc2c1c(=O)[nH]c(=O)n2C[C@@H](O)C(F)(F)F. The second kappa shape index (κ2) is 11.2. The van der Waals surface area contributed by atoms with Crippen LogP contribution in [0.5, 0.6) is 17.2 Å². The van der Waals surface area contributed by atoms with Crippen LogP contribution in [0.3, 0.4) is 0 Å². The van der Waals surface area contributed by atoms with Gasteiger partial charge in [-0.05, 0) is 60.5 Å². The van der Waals surface area contributed by atoms with Gasteiger partial charge in [-0.3, -0.25) is 14.3 Å². The molecule has 232 valence electrons. The highest BCUT2D eigenvalue weighted by Gasteiger charge is 2.45. The van der Waals surface area contributed by atoms with Gasteiger partial charge in [0.25, 0.3) is 5.56 Å². The number of thiophene rings is 1. The molecule has 0 spiro atoms. The quantitative estimate of drug-likeness (QED) is 0.208. The largest absolute Gasteiger partial charge is 0.573 e. The van der Waals surface area contributed by atoms with Gasteiger partial charge < -0.3 is 14.6 Å². The van der Waals surface area contributed by atoms with Gasteiger partial charge in [-0.25, -0.2) is 13.6 Å². The van der Waals surface area contributed by atoms with Gasteiger partial charge in [-0.1, -0.05) is 0 Å². The van der Waals surface area contributed by atoms with Crippen LogP contribution in [0.4, 0.5) is 43.9 Å². The van der Waals surface area contributed by atoms with Crippen molar-refractivity contribution >= 4 is 21.6 Å². The van der Waals surface area contributed by atoms with E-state index in [1.165, 1.54) is 6.92 Å². The standard InChI is InChI=1S/C25H16F10N2O5S/c1-10-17-19(39)36-22(40)37(9-16(38)24(30,31)32)20(17)43-18(10)11-2-7-15(14(8-11)23(28,29)21(26)27)41-12-3-5-13(6-4-12)42-25(33,34)35/h2-8,16,21,38H,9H2,1H3,(H,36,39,40)/t16-/m1/s1. The smallest absolute Gasteiger partial charge is 0.457 e. The fraction of sp³-hybridized carbons (Fsp3) is 0.280. The Labute approximate surface area is 236 Å². The number of aromatic nitrogens is 2. The van der Waals surface area contributed by atoms with Crippen molar-refractivity contribution in [3.05, 3.63) is 74.4 Å². The number of aryl methyl sites for hydroxylation is 1. The summed E-state index contributed by atoms with van der Waals surface area (Å²) in [6, 6.07) is 5.90. The lowest BCUT2D eigenvalue weighted by Gasteiger charge is -2.20. The zero-order valence-corrected chi connectivity index (χ0v) is 21.9. The zero-order valence-electron chi connectivity index (χ0n) is 21.1. The fourth-order valence-corrected chi connectivity index (χ4v) is 5.28. The van der Waals surface area contributed by atoms with Crippen LogP contribution in [0.1, 0.15) is 11.1 Å². The lowest BCUT2D eigenvalue weighted by Crippen LogP contribution is -2.38. The Kier molecular flexibility index (Phi) is 8.31. The lowest BCUT2D eigenvalue weighted by molar-refractivity contribution is -0.274. The van der Waals surface area contributed by atoms with Crippen molar-refractivity contribution in [2.24, 2.45) is 0 Å². The minimum atomic E-state index is -5.13. The van der Waals surface area contributed by atoms with Crippen LogP contribution in [-0.4, -0.2) is 39.7 Å². The molecule has 4 rings (SSSR count). The average Bonchev–Trinajstić information content (AvgIpc) is 3.23. The molecule has 18 heteroatoms. The lowest BCUT2D eigenvalue weighted by atomic mass is 10.0. The number of nitrogens with one attached hydrogen (secondary N) is 1. The van der Waals surface area contributed by atoms with Gasteiger partial charge in [-0.2, -0.15) is 22.0 Å². The molecule has 0 radical (unpaired) electrons. The Morgan fingerprint density at radius 1 is 0.953 bits per heavy atom. The summed E-state index contributed by atoms with van der Waals surface area (Å²) in [5, 5.41) is 9.17. The number of hydrogen-bond acceptors (Lipinski definition) is 6. The number of alkyl halides is 10. The van der Waals surface area contributed by atoms with Crippen molar-refractivity contribution in [3.63, 3.8) is 0 Å². The van der Waals surface area contributed by atoms with Crippen LogP contribution >= 0.6 is 11.3 Å². The predicted octanol–water partition coefficient (Wildman–Crippen LogP) is 6.70. The summed E-state index contributed by atoms with van der Waals surface area (Å²) in [5.74, 6) is -6.67. The maximum absolute atomic E-state index is 14.7. The van der Waals surface area contributed by atoms with E-state index in [1.807, 2.05) is 4.98 Å². The van der Waals surface area contributed by atoms with Gasteiger partial charge in [-0.15, -0.1) is 24.5 Å². The molecule has 1 atom stereocenters. The summed E-state index contributed by atoms with van der Waals surface area (Å²) in [6.07, 6.45) is -17.4. The Balaban J connectivity index is 1.82. The maximum Gasteiger partial charge on any atom is 0.573 e. The van der Waals surface area contributed by atoms with Gasteiger partial charge in [0.15, 0.2) is 6.10 Å². The first kappa shape index (κ1) is 31.9. The second-order valence-electron chi connectivity index (χ2n) is 8.92. The molecular weight excluding hydrogens is 630 g/mol. The van der Waals surface area contributed by atoms with Crippen molar-refractivity contribution < 1.29 is 58.5 Å². The van der Waals surface area contributed by atoms with Crippen LogP contribution < -0.4 is 20.7 Å². The number of nitrogens with zero attached hydrogens (tertiary/aromatic N) is 1. The highest BCUT2D eigenvalue weighted by Crippen LogP contribution is 2.45. The first-order valence-electron chi connectivity index (χ1n) is 11.6. The van der Waals surface area contributed by atoms with Gasteiger partial charge in [0.05, 0.1) is 17.5 Å². The summed E-state index contributed by atoms with van der Waals surface area (Å²) in [6.45, 7) is -0.0401. The van der Waals surface area contributed by atoms with E-state index in [0.717, 1.165) is 36.4 Å². The number of ether oxygens (including phenoxy) is 2. The van der Waals surface area contributed by atoms with E-state index in [-0.39, 0.29) is 32.0 Å². The Bertz CT molecular complexity index is 1760. The molecule has 2 heterocycles. The van der Waals surface area contributed by atoms with Crippen LogP contribution in [0.2, 0.25) is 0 Å². The zero-order chi connectivity index (χ0) is 32.1. The molecule has 0 bridgehead atoms. The molecule has 0 saturated carbocycles. The van der Waals surface area contributed by atoms with Crippen molar-refractivity contribution in [3.8, 4) is 27.7 Å². The molecule has 0 aliphatic carbocycles. The normalized spacial score (nSPS) is 13.5. The van der Waals surface area contributed by atoms with Crippen LogP contribution in [0.25, 0.3) is 20.7 Å².